The van der Waals surface area contributed by atoms with Crippen molar-refractivity contribution in [2.24, 2.45) is 0 Å². The Kier molecular flexibility index (Phi) is 2.81. The summed E-state index contributed by atoms with van der Waals surface area (Å²) in [6.07, 6.45) is 0.582. The first-order chi connectivity index (χ1) is 3.12. The normalized spacial score (nSPS) is 18.9. The smallest absolute Gasteiger partial charge is 0.117 e. The molecule has 0 saturated carbocycles. The van der Waals surface area contributed by atoms with Crippen molar-refractivity contribution in [1.82, 2.24) is 0 Å². The Labute approximate surface area is 52.2 Å². The Bertz CT molecular complexity index is 46.0. The van der Waals surface area contributed by atoms with Crippen LogP contribution in [0.1, 0.15) is 20.3 Å². The Morgan fingerprint density at radius 2 is 2.14 bits per heavy atom. The predicted molar refractivity (Wildman–Crippen MR) is 33.6 cm³/mol. The minimum atomic E-state index is -1.00. The molecule has 0 nitrogen and oxygen atoms in total. The van der Waals surface area contributed by atoms with E-state index in [0.29, 0.717) is 11.8 Å². The van der Waals surface area contributed by atoms with Crippen LogP contribution in [0.2, 0.25) is 0 Å². The molecular formula is C5H10BrF. The summed E-state index contributed by atoms with van der Waals surface area (Å²) in [6.45, 7) is 3.42. The summed E-state index contributed by atoms with van der Waals surface area (Å²) in [5.74, 6) is 0. The molecule has 0 aromatic rings. The summed E-state index contributed by atoms with van der Waals surface area (Å²) in [4.78, 5) is 0. The molecule has 2 heteroatoms. The van der Waals surface area contributed by atoms with E-state index in [-0.39, 0.29) is 0 Å². The minimum absolute atomic E-state index is 0.441. The molecule has 0 fully saturated rings. The third kappa shape index (κ3) is 3.03. The fourth-order valence-electron chi connectivity index (χ4n) is 0.0945. The SMILES string of the molecule is CCC(C)(F)CBr. The largest absolute Gasteiger partial charge is 0.243 e. The molecule has 0 heterocycles. The second-order valence-electron chi connectivity index (χ2n) is 1.90. The van der Waals surface area contributed by atoms with Crippen LogP contribution in [0.25, 0.3) is 0 Å². The van der Waals surface area contributed by atoms with E-state index in [1.54, 1.807) is 6.92 Å². The number of hydrogen-bond acceptors (Lipinski definition) is 0. The molecule has 0 amide bonds. The summed E-state index contributed by atoms with van der Waals surface area (Å²) in [7, 11) is 0. The zero-order valence-corrected chi connectivity index (χ0v) is 6.26. The molecule has 0 bridgehead atoms. The number of alkyl halides is 2. The maximum atomic E-state index is 12.5. The van der Waals surface area contributed by atoms with Crippen molar-refractivity contribution < 1.29 is 4.39 Å². The van der Waals surface area contributed by atoms with Crippen LogP contribution in [0.5, 0.6) is 0 Å². The number of rotatable bonds is 2. The number of hydrogen-bond donors (Lipinski definition) is 0. The molecule has 0 aliphatic heterocycles. The van der Waals surface area contributed by atoms with E-state index in [0.717, 1.165) is 0 Å². The van der Waals surface area contributed by atoms with Gasteiger partial charge in [-0.15, -0.1) is 0 Å². The Balaban J connectivity index is 3.36. The fraction of sp³-hybridized carbons (Fsp3) is 1.00. The van der Waals surface area contributed by atoms with Crippen molar-refractivity contribution in [1.29, 1.82) is 0 Å². The fourth-order valence-corrected chi connectivity index (χ4v) is 0.491. The molecule has 0 radical (unpaired) electrons. The summed E-state index contributed by atoms with van der Waals surface area (Å²) in [5.41, 5.74) is -1.00. The first kappa shape index (κ1) is 7.41. The first-order valence-electron chi connectivity index (χ1n) is 2.37. The van der Waals surface area contributed by atoms with Gasteiger partial charge in [0.05, 0.1) is 0 Å². The topological polar surface area (TPSA) is 0 Å². The van der Waals surface area contributed by atoms with Crippen molar-refractivity contribution in [3.63, 3.8) is 0 Å². The molecular weight excluding hydrogens is 159 g/mol. The molecule has 0 aliphatic carbocycles. The molecule has 0 aromatic carbocycles. The van der Waals surface area contributed by atoms with Crippen molar-refractivity contribution in [3.8, 4) is 0 Å². The maximum Gasteiger partial charge on any atom is 0.117 e. The van der Waals surface area contributed by atoms with E-state index in [4.69, 9.17) is 0 Å². The van der Waals surface area contributed by atoms with Gasteiger partial charge in [0.1, 0.15) is 5.67 Å². The van der Waals surface area contributed by atoms with Crippen LogP contribution in [0.3, 0.4) is 0 Å². The average Bonchev–Trinajstić information content (AvgIpc) is 1.68. The highest BCUT2D eigenvalue weighted by atomic mass is 79.9. The highest BCUT2D eigenvalue weighted by Gasteiger charge is 2.16. The van der Waals surface area contributed by atoms with Gasteiger partial charge in [-0.3, -0.25) is 0 Å². The second kappa shape index (κ2) is 2.65. The highest BCUT2D eigenvalue weighted by Crippen LogP contribution is 2.16. The summed E-state index contributed by atoms with van der Waals surface area (Å²) < 4.78 is 12.5. The first-order valence-corrected chi connectivity index (χ1v) is 3.49. The third-order valence-corrected chi connectivity index (χ3v) is 2.18. The molecule has 7 heavy (non-hydrogen) atoms. The Morgan fingerprint density at radius 1 is 1.71 bits per heavy atom. The standard InChI is InChI=1S/C5H10BrF/c1-3-5(2,7)4-6/h3-4H2,1-2H3. The van der Waals surface area contributed by atoms with Crippen molar-refractivity contribution >= 4 is 15.9 Å². The van der Waals surface area contributed by atoms with Gasteiger partial charge in [0.25, 0.3) is 0 Å². The average molecular weight is 169 g/mol. The predicted octanol–water partition coefficient (Wildman–Crippen LogP) is 2.52. The minimum Gasteiger partial charge on any atom is -0.243 e. The third-order valence-electron chi connectivity index (χ3n) is 1.02. The molecule has 0 N–H and O–H groups in total. The van der Waals surface area contributed by atoms with Gasteiger partial charge >= 0.3 is 0 Å². The van der Waals surface area contributed by atoms with E-state index in [1.165, 1.54) is 0 Å². The van der Waals surface area contributed by atoms with Gasteiger partial charge in [-0.25, -0.2) is 4.39 Å². The maximum absolute atomic E-state index is 12.5. The Morgan fingerprint density at radius 3 is 2.14 bits per heavy atom. The lowest BCUT2D eigenvalue weighted by Gasteiger charge is -2.12. The van der Waals surface area contributed by atoms with Gasteiger partial charge in [-0.2, -0.15) is 0 Å². The molecule has 0 rings (SSSR count). The van der Waals surface area contributed by atoms with Crippen LogP contribution in [0.15, 0.2) is 0 Å². The lowest BCUT2D eigenvalue weighted by atomic mass is 10.1. The van der Waals surface area contributed by atoms with Gasteiger partial charge in [-0.1, -0.05) is 22.9 Å². The van der Waals surface area contributed by atoms with Crippen molar-refractivity contribution in [2.45, 2.75) is 25.9 Å². The van der Waals surface area contributed by atoms with Crippen LogP contribution >= 0.6 is 15.9 Å². The molecule has 44 valence electrons. The van der Waals surface area contributed by atoms with Crippen LogP contribution < -0.4 is 0 Å². The lowest BCUT2D eigenvalue weighted by molar-refractivity contribution is 0.218. The van der Waals surface area contributed by atoms with Gasteiger partial charge in [0.2, 0.25) is 0 Å². The van der Waals surface area contributed by atoms with Gasteiger partial charge < -0.3 is 0 Å². The van der Waals surface area contributed by atoms with Gasteiger partial charge in [-0.05, 0) is 13.3 Å². The van der Waals surface area contributed by atoms with E-state index in [9.17, 15) is 4.39 Å². The Hall–Kier alpha value is 0.410. The number of halogens is 2. The van der Waals surface area contributed by atoms with Crippen molar-refractivity contribution in [3.05, 3.63) is 0 Å². The van der Waals surface area contributed by atoms with E-state index < -0.39 is 5.67 Å². The highest BCUT2D eigenvalue weighted by molar-refractivity contribution is 9.09. The van der Waals surface area contributed by atoms with E-state index in [1.807, 2.05) is 6.92 Å². The monoisotopic (exact) mass is 168 g/mol. The van der Waals surface area contributed by atoms with Crippen LogP contribution in [-0.4, -0.2) is 11.0 Å². The zero-order chi connectivity index (χ0) is 5.91. The lowest BCUT2D eigenvalue weighted by Crippen LogP contribution is -2.17. The van der Waals surface area contributed by atoms with E-state index >= 15 is 0 Å². The molecule has 1 unspecified atom stereocenters. The molecule has 0 spiro atoms. The van der Waals surface area contributed by atoms with Crippen LogP contribution in [-0.2, 0) is 0 Å². The van der Waals surface area contributed by atoms with Gasteiger partial charge in [0.15, 0.2) is 0 Å². The molecule has 0 aromatic heterocycles. The van der Waals surface area contributed by atoms with Crippen LogP contribution in [0, 0.1) is 0 Å². The molecule has 0 aliphatic rings. The van der Waals surface area contributed by atoms with E-state index in [2.05, 4.69) is 15.9 Å². The van der Waals surface area contributed by atoms with Crippen LogP contribution in [0.4, 0.5) is 4.39 Å². The summed E-state index contributed by atoms with van der Waals surface area (Å²) in [5, 5.41) is 0.441. The quantitative estimate of drug-likeness (QED) is 0.557. The zero-order valence-electron chi connectivity index (χ0n) is 4.67. The molecule has 1 atom stereocenters. The molecule has 0 saturated heterocycles. The van der Waals surface area contributed by atoms with Gasteiger partial charge in [0, 0.05) is 5.33 Å². The summed E-state index contributed by atoms with van der Waals surface area (Å²) in [6, 6.07) is 0. The second-order valence-corrected chi connectivity index (χ2v) is 2.46. The van der Waals surface area contributed by atoms with Crippen molar-refractivity contribution in [2.75, 3.05) is 5.33 Å². The summed E-state index contributed by atoms with van der Waals surface area (Å²) >= 11 is 3.06.